The normalized spacial score (nSPS) is 12.5. The van der Waals surface area contributed by atoms with Crippen molar-refractivity contribution in [3.63, 3.8) is 0 Å². The van der Waals surface area contributed by atoms with E-state index in [0.717, 1.165) is 11.3 Å². The van der Waals surface area contributed by atoms with E-state index in [9.17, 15) is 4.21 Å². The van der Waals surface area contributed by atoms with Crippen LogP contribution in [0.3, 0.4) is 0 Å². The van der Waals surface area contributed by atoms with E-state index < -0.39 is 10.8 Å². The van der Waals surface area contributed by atoms with Crippen LogP contribution in [0.2, 0.25) is 0 Å². The van der Waals surface area contributed by atoms with E-state index in [-0.39, 0.29) is 0 Å². The molecular formula is C9H13NO2S. The summed E-state index contributed by atoms with van der Waals surface area (Å²) < 4.78 is 16.1. The molecule has 72 valence electrons. The number of nitrogens with two attached hydrogens (primary N) is 1. The van der Waals surface area contributed by atoms with Crippen molar-refractivity contribution in [1.29, 1.82) is 0 Å². The minimum atomic E-state index is -0.872. The van der Waals surface area contributed by atoms with Crippen LogP contribution in [-0.2, 0) is 16.6 Å². The Labute approximate surface area is 80.4 Å². The lowest BCUT2D eigenvalue weighted by Gasteiger charge is -2.07. The lowest BCUT2D eigenvalue weighted by Crippen LogP contribution is -1.98. The number of hydrogen-bond donors (Lipinski definition) is 1. The van der Waals surface area contributed by atoms with Gasteiger partial charge in [-0.05, 0) is 18.2 Å². The fourth-order valence-corrected chi connectivity index (χ4v) is 1.79. The number of hydrogen-bond acceptors (Lipinski definition) is 3. The minimum Gasteiger partial charge on any atom is -0.496 e. The summed E-state index contributed by atoms with van der Waals surface area (Å²) >= 11 is 0. The Kier molecular flexibility index (Phi) is 3.31. The summed E-state index contributed by atoms with van der Waals surface area (Å²) in [6.45, 7) is 0. The zero-order chi connectivity index (χ0) is 9.84. The van der Waals surface area contributed by atoms with Crippen molar-refractivity contribution in [3.8, 4) is 5.75 Å². The molecule has 0 aliphatic rings. The highest BCUT2D eigenvalue weighted by Gasteiger charge is 2.04. The van der Waals surface area contributed by atoms with Gasteiger partial charge in [-0.2, -0.15) is 0 Å². The van der Waals surface area contributed by atoms with Gasteiger partial charge in [-0.25, -0.2) is 0 Å². The van der Waals surface area contributed by atoms with E-state index in [2.05, 4.69) is 0 Å². The molecule has 0 amide bonds. The molecule has 1 rings (SSSR count). The second-order valence-electron chi connectivity index (χ2n) is 2.79. The molecule has 0 fully saturated rings. The fraction of sp³-hybridized carbons (Fsp3) is 0.333. The zero-order valence-corrected chi connectivity index (χ0v) is 8.56. The third-order valence-electron chi connectivity index (χ3n) is 1.66. The van der Waals surface area contributed by atoms with Gasteiger partial charge in [-0.15, -0.1) is 0 Å². The molecule has 3 nitrogen and oxygen atoms in total. The van der Waals surface area contributed by atoms with Gasteiger partial charge in [0, 0.05) is 28.3 Å². The number of methoxy groups -OCH3 is 1. The fourth-order valence-electron chi connectivity index (χ4n) is 1.13. The second-order valence-corrected chi connectivity index (χ2v) is 4.22. The van der Waals surface area contributed by atoms with E-state index in [1.807, 2.05) is 0 Å². The van der Waals surface area contributed by atoms with Crippen LogP contribution >= 0.6 is 0 Å². The first-order valence-electron chi connectivity index (χ1n) is 3.86. The van der Waals surface area contributed by atoms with E-state index in [4.69, 9.17) is 10.5 Å². The second kappa shape index (κ2) is 4.28. The van der Waals surface area contributed by atoms with Crippen molar-refractivity contribution in [2.75, 3.05) is 19.1 Å². The Morgan fingerprint density at radius 1 is 1.54 bits per heavy atom. The van der Waals surface area contributed by atoms with Crippen LogP contribution in [0.1, 0.15) is 5.56 Å². The van der Waals surface area contributed by atoms with Gasteiger partial charge in [-0.1, -0.05) is 0 Å². The van der Waals surface area contributed by atoms with Crippen LogP contribution in [0.15, 0.2) is 18.2 Å². The topological polar surface area (TPSA) is 52.3 Å². The van der Waals surface area contributed by atoms with Crippen LogP contribution < -0.4 is 10.5 Å². The minimum absolute atomic E-state index is 0.480. The number of ether oxygens (including phenoxy) is 1. The predicted molar refractivity (Wildman–Crippen MR) is 55.2 cm³/mol. The highest BCUT2D eigenvalue weighted by atomic mass is 32.2. The van der Waals surface area contributed by atoms with Crippen molar-refractivity contribution < 1.29 is 8.95 Å². The SMILES string of the molecule is COc1ccc(N)cc1CS(C)=O. The Morgan fingerprint density at radius 2 is 2.23 bits per heavy atom. The number of anilines is 1. The van der Waals surface area contributed by atoms with Gasteiger partial charge in [-0.3, -0.25) is 4.21 Å². The zero-order valence-electron chi connectivity index (χ0n) is 7.74. The van der Waals surface area contributed by atoms with Gasteiger partial charge >= 0.3 is 0 Å². The molecule has 0 heterocycles. The van der Waals surface area contributed by atoms with Gasteiger partial charge in [0.2, 0.25) is 0 Å². The maximum Gasteiger partial charge on any atom is 0.123 e. The van der Waals surface area contributed by atoms with Gasteiger partial charge in [0.05, 0.1) is 12.9 Å². The molecule has 1 aromatic carbocycles. The highest BCUT2D eigenvalue weighted by Crippen LogP contribution is 2.21. The predicted octanol–water partition coefficient (Wildman–Crippen LogP) is 1.16. The third-order valence-corrected chi connectivity index (χ3v) is 2.38. The molecule has 1 aromatic rings. The first-order chi connectivity index (χ1) is 6.13. The van der Waals surface area contributed by atoms with Crippen molar-refractivity contribution >= 4 is 16.5 Å². The summed E-state index contributed by atoms with van der Waals surface area (Å²) in [5.74, 6) is 1.22. The summed E-state index contributed by atoms with van der Waals surface area (Å²) in [6.07, 6.45) is 1.66. The Balaban J connectivity index is 3.01. The van der Waals surface area contributed by atoms with Gasteiger partial charge < -0.3 is 10.5 Å². The third kappa shape index (κ3) is 2.73. The smallest absolute Gasteiger partial charge is 0.123 e. The molecule has 1 unspecified atom stereocenters. The monoisotopic (exact) mass is 199 g/mol. The van der Waals surface area contributed by atoms with Gasteiger partial charge in [0.25, 0.3) is 0 Å². The Bertz CT molecular complexity index is 325. The lowest BCUT2D eigenvalue weighted by atomic mass is 10.2. The number of nitrogen functional groups attached to an aromatic ring is 1. The van der Waals surface area contributed by atoms with Crippen LogP contribution in [-0.4, -0.2) is 17.6 Å². The molecule has 0 aliphatic heterocycles. The van der Waals surface area contributed by atoms with E-state index in [0.29, 0.717) is 11.4 Å². The molecule has 0 aromatic heterocycles. The summed E-state index contributed by atoms with van der Waals surface area (Å²) in [5, 5.41) is 0. The Hall–Kier alpha value is -1.03. The standard InChI is InChI=1S/C9H13NO2S/c1-12-9-4-3-8(10)5-7(9)6-13(2)11/h3-5H,6,10H2,1-2H3. The first kappa shape index (κ1) is 10.1. The highest BCUT2D eigenvalue weighted by molar-refractivity contribution is 7.83. The molecule has 13 heavy (non-hydrogen) atoms. The Morgan fingerprint density at radius 3 is 2.77 bits per heavy atom. The van der Waals surface area contributed by atoms with Crippen LogP contribution in [0, 0.1) is 0 Å². The quantitative estimate of drug-likeness (QED) is 0.743. The summed E-state index contributed by atoms with van der Waals surface area (Å²) in [6, 6.07) is 5.35. The molecule has 0 aliphatic carbocycles. The van der Waals surface area contributed by atoms with Crippen LogP contribution in [0.5, 0.6) is 5.75 Å². The van der Waals surface area contributed by atoms with Crippen LogP contribution in [0.4, 0.5) is 5.69 Å². The molecule has 0 saturated carbocycles. The van der Waals surface area contributed by atoms with E-state index in [1.54, 1.807) is 31.6 Å². The van der Waals surface area contributed by atoms with Crippen molar-refractivity contribution in [3.05, 3.63) is 23.8 Å². The number of benzene rings is 1. The van der Waals surface area contributed by atoms with Crippen molar-refractivity contribution in [1.82, 2.24) is 0 Å². The molecule has 0 saturated heterocycles. The molecular weight excluding hydrogens is 186 g/mol. The van der Waals surface area contributed by atoms with Crippen molar-refractivity contribution in [2.45, 2.75) is 5.75 Å². The van der Waals surface area contributed by atoms with Crippen molar-refractivity contribution in [2.24, 2.45) is 0 Å². The van der Waals surface area contributed by atoms with Gasteiger partial charge in [0.1, 0.15) is 5.75 Å². The molecule has 0 bridgehead atoms. The number of rotatable bonds is 3. The molecule has 4 heteroatoms. The average Bonchev–Trinajstić information content (AvgIpc) is 2.03. The maximum absolute atomic E-state index is 11.0. The van der Waals surface area contributed by atoms with E-state index in [1.165, 1.54) is 0 Å². The van der Waals surface area contributed by atoms with Gasteiger partial charge in [0.15, 0.2) is 0 Å². The lowest BCUT2D eigenvalue weighted by molar-refractivity contribution is 0.411. The summed E-state index contributed by atoms with van der Waals surface area (Å²) in [7, 11) is 0.719. The average molecular weight is 199 g/mol. The maximum atomic E-state index is 11.0. The van der Waals surface area contributed by atoms with E-state index >= 15 is 0 Å². The molecule has 0 spiro atoms. The summed E-state index contributed by atoms with van der Waals surface area (Å²) in [4.78, 5) is 0. The largest absolute Gasteiger partial charge is 0.496 e. The molecule has 0 radical (unpaired) electrons. The molecule has 1 atom stereocenters. The summed E-state index contributed by atoms with van der Waals surface area (Å²) in [5.41, 5.74) is 7.16. The molecule has 2 N–H and O–H groups in total. The first-order valence-corrected chi connectivity index (χ1v) is 5.58. The van der Waals surface area contributed by atoms with Crippen LogP contribution in [0.25, 0.3) is 0 Å².